The molecule has 4 aromatic rings. The average molecular weight is 470 g/mol. The molecule has 0 unspecified atom stereocenters. The summed E-state index contributed by atoms with van der Waals surface area (Å²) in [6.07, 6.45) is 3.93. The van der Waals surface area contributed by atoms with Crippen molar-refractivity contribution >= 4 is 39.2 Å². The lowest BCUT2D eigenvalue weighted by molar-refractivity contribution is -0.107. The molecular weight excluding hydrogens is 454 g/mol. The Balaban J connectivity index is 1.46. The minimum Gasteiger partial charge on any atom is -0.341 e. The maximum absolute atomic E-state index is 13.4. The molecule has 0 spiro atoms. The number of anilines is 2. The lowest BCUT2D eigenvalue weighted by atomic mass is 10.1. The van der Waals surface area contributed by atoms with Crippen LogP contribution in [0, 0.1) is 11.6 Å². The van der Waals surface area contributed by atoms with Gasteiger partial charge in [0.05, 0.1) is 11.2 Å². The van der Waals surface area contributed by atoms with Crippen molar-refractivity contribution in [3.63, 3.8) is 0 Å². The molecule has 5 rings (SSSR count). The molecule has 1 aliphatic rings. The van der Waals surface area contributed by atoms with E-state index in [2.05, 4.69) is 24.7 Å². The highest BCUT2D eigenvalue weighted by Gasteiger charge is 2.31. The van der Waals surface area contributed by atoms with Crippen LogP contribution in [0.5, 0.6) is 0 Å². The van der Waals surface area contributed by atoms with E-state index >= 15 is 0 Å². The van der Waals surface area contributed by atoms with Gasteiger partial charge in [0.15, 0.2) is 17.3 Å². The second-order valence-corrected chi connectivity index (χ2v) is 9.16. The molecule has 1 amide bonds. The fourth-order valence-corrected chi connectivity index (χ4v) is 4.42. The second kappa shape index (κ2) is 7.89. The standard InChI is InChI=1S/C21H16F2N6O3S/c22-16-8-7-15(9-17(16)23)33(31,32)28-13-3-1-12(2-4-13)18-19-20(25-10-24-19)27-21(26-18)29(11-30)14-5-6-14/h1-4,7-11,14,28H,5-6H2,(H,24,25,26,27). The van der Waals surface area contributed by atoms with Gasteiger partial charge in [-0.2, -0.15) is 4.98 Å². The zero-order chi connectivity index (χ0) is 23.2. The summed E-state index contributed by atoms with van der Waals surface area (Å²) in [5.41, 5.74) is 2.30. The van der Waals surface area contributed by atoms with Gasteiger partial charge >= 0.3 is 0 Å². The first-order chi connectivity index (χ1) is 15.9. The molecule has 0 saturated heterocycles. The van der Waals surface area contributed by atoms with E-state index in [1.165, 1.54) is 23.4 Å². The van der Waals surface area contributed by atoms with Crippen LogP contribution in [0.15, 0.2) is 53.7 Å². The Bertz CT molecular complexity index is 1470. The Kier molecular flexibility index (Phi) is 5.01. The third-order valence-electron chi connectivity index (χ3n) is 5.17. The number of carbonyl (C=O) groups is 1. The zero-order valence-corrected chi connectivity index (χ0v) is 17.7. The second-order valence-electron chi connectivity index (χ2n) is 7.48. The van der Waals surface area contributed by atoms with Gasteiger partial charge in [-0.15, -0.1) is 0 Å². The third-order valence-corrected chi connectivity index (χ3v) is 6.55. The number of aromatic nitrogens is 4. The number of aromatic amines is 1. The molecule has 2 aromatic heterocycles. The highest BCUT2D eigenvalue weighted by molar-refractivity contribution is 7.92. The van der Waals surface area contributed by atoms with Crippen molar-refractivity contribution in [3.05, 3.63) is 60.4 Å². The number of hydrogen-bond donors (Lipinski definition) is 2. The van der Waals surface area contributed by atoms with Crippen LogP contribution < -0.4 is 9.62 Å². The molecule has 12 heteroatoms. The van der Waals surface area contributed by atoms with E-state index in [0.717, 1.165) is 25.0 Å². The van der Waals surface area contributed by atoms with Gasteiger partial charge in [0.25, 0.3) is 10.0 Å². The van der Waals surface area contributed by atoms with Crippen molar-refractivity contribution in [3.8, 4) is 11.3 Å². The van der Waals surface area contributed by atoms with Gasteiger partial charge in [0.1, 0.15) is 11.2 Å². The quantitative estimate of drug-likeness (QED) is 0.400. The summed E-state index contributed by atoms with van der Waals surface area (Å²) in [5.74, 6) is -2.15. The van der Waals surface area contributed by atoms with E-state index in [1.54, 1.807) is 12.1 Å². The summed E-state index contributed by atoms with van der Waals surface area (Å²) in [4.78, 5) is 28.7. The number of sulfonamides is 1. The molecule has 2 N–H and O–H groups in total. The summed E-state index contributed by atoms with van der Waals surface area (Å²) < 4.78 is 53.9. The predicted octanol–water partition coefficient (Wildman–Crippen LogP) is 3.22. The largest absolute Gasteiger partial charge is 0.341 e. The highest BCUT2D eigenvalue weighted by atomic mass is 32.2. The summed E-state index contributed by atoms with van der Waals surface area (Å²) in [7, 11) is -4.12. The van der Waals surface area contributed by atoms with Gasteiger partial charge in [0, 0.05) is 17.3 Å². The van der Waals surface area contributed by atoms with Crippen LogP contribution in [0.25, 0.3) is 22.4 Å². The molecule has 168 valence electrons. The number of fused-ring (bicyclic) bond motifs is 1. The van der Waals surface area contributed by atoms with Gasteiger partial charge in [-0.3, -0.25) is 14.4 Å². The van der Waals surface area contributed by atoms with Gasteiger partial charge in [0.2, 0.25) is 12.4 Å². The SMILES string of the molecule is O=CN(c1nc(-c2ccc(NS(=O)(=O)c3ccc(F)c(F)c3)cc2)c2[nH]cnc2n1)C1CC1. The van der Waals surface area contributed by atoms with E-state index in [1.807, 2.05) is 0 Å². The number of halogens is 2. The maximum Gasteiger partial charge on any atom is 0.261 e. The average Bonchev–Trinajstić information content (AvgIpc) is 3.51. The number of carbonyl (C=O) groups excluding carboxylic acids is 1. The molecule has 0 radical (unpaired) electrons. The van der Waals surface area contributed by atoms with Gasteiger partial charge in [-0.1, -0.05) is 12.1 Å². The number of benzene rings is 2. The number of amides is 1. The normalized spacial score (nSPS) is 13.8. The number of rotatable bonds is 7. The van der Waals surface area contributed by atoms with Crippen LogP contribution in [-0.2, 0) is 14.8 Å². The van der Waals surface area contributed by atoms with Gasteiger partial charge < -0.3 is 4.98 Å². The van der Waals surface area contributed by atoms with Crippen LogP contribution in [-0.4, -0.2) is 40.8 Å². The van der Waals surface area contributed by atoms with Crippen molar-refractivity contribution in [1.29, 1.82) is 0 Å². The first kappa shape index (κ1) is 20.9. The Labute approximate surface area is 186 Å². The number of nitrogens with zero attached hydrogens (tertiary/aromatic N) is 4. The molecule has 0 aliphatic heterocycles. The molecule has 2 heterocycles. The molecule has 1 aliphatic carbocycles. The molecular formula is C21H16F2N6O3S. The van der Waals surface area contributed by atoms with Crippen molar-refractivity contribution < 1.29 is 22.0 Å². The maximum atomic E-state index is 13.4. The van der Waals surface area contributed by atoms with Crippen LogP contribution in [0.2, 0.25) is 0 Å². The minimum absolute atomic E-state index is 0.0693. The molecule has 33 heavy (non-hydrogen) atoms. The van der Waals surface area contributed by atoms with Crippen LogP contribution in [0.3, 0.4) is 0 Å². The summed E-state index contributed by atoms with van der Waals surface area (Å²) >= 11 is 0. The van der Waals surface area contributed by atoms with Crippen molar-refractivity contribution in [1.82, 2.24) is 19.9 Å². The van der Waals surface area contributed by atoms with E-state index in [0.29, 0.717) is 34.9 Å². The lowest BCUT2D eigenvalue weighted by Gasteiger charge is -2.15. The van der Waals surface area contributed by atoms with Crippen molar-refractivity contribution in [2.45, 2.75) is 23.8 Å². The Morgan fingerprint density at radius 3 is 2.48 bits per heavy atom. The minimum atomic E-state index is -4.12. The summed E-state index contributed by atoms with van der Waals surface area (Å²) in [5, 5.41) is 0. The number of nitrogens with one attached hydrogen (secondary N) is 2. The fourth-order valence-electron chi connectivity index (χ4n) is 3.35. The van der Waals surface area contributed by atoms with Gasteiger partial charge in [-0.25, -0.2) is 27.2 Å². The predicted molar refractivity (Wildman–Crippen MR) is 116 cm³/mol. The van der Waals surface area contributed by atoms with E-state index in [9.17, 15) is 22.0 Å². The topological polar surface area (TPSA) is 121 Å². The number of H-pyrrole nitrogens is 1. The summed E-state index contributed by atoms with van der Waals surface area (Å²) in [6, 6.07) is 8.70. The first-order valence-electron chi connectivity index (χ1n) is 9.89. The lowest BCUT2D eigenvalue weighted by Crippen LogP contribution is -2.25. The molecule has 0 atom stereocenters. The number of imidazole rings is 1. The zero-order valence-electron chi connectivity index (χ0n) is 16.9. The van der Waals surface area contributed by atoms with Crippen molar-refractivity contribution in [2.75, 3.05) is 9.62 Å². The summed E-state index contributed by atoms with van der Waals surface area (Å²) in [6.45, 7) is 0. The first-order valence-corrected chi connectivity index (χ1v) is 11.4. The van der Waals surface area contributed by atoms with E-state index in [-0.39, 0.29) is 17.7 Å². The highest BCUT2D eigenvalue weighted by Crippen LogP contribution is 2.32. The Morgan fingerprint density at radius 1 is 1.06 bits per heavy atom. The molecule has 0 bridgehead atoms. The molecule has 2 aromatic carbocycles. The van der Waals surface area contributed by atoms with E-state index < -0.39 is 26.6 Å². The van der Waals surface area contributed by atoms with Crippen LogP contribution >= 0.6 is 0 Å². The van der Waals surface area contributed by atoms with E-state index in [4.69, 9.17) is 0 Å². The van der Waals surface area contributed by atoms with Crippen LogP contribution in [0.4, 0.5) is 20.4 Å². The van der Waals surface area contributed by atoms with Crippen LogP contribution in [0.1, 0.15) is 12.8 Å². The van der Waals surface area contributed by atoms with Gasteiger partial charge in [-0.05, 0) is 43.2 Å². The monoisotopic (exact) mass is 470 g/mol. The third kappa shape index (κ3) is 4.00. The Morgan fingerprint density at radius 2 is 1.82 bits per heavy atom. The smallest absolute Gasteiger partial charge is 0.261 e. The molecule has 1 saturated carbocycles. The Hall–Kier alpha value is -3.93. The fraction of sp³-hybridized carbons (Fsp3) is 0.143. The molecule has 9 nitrogen and oxygen atoms in total. The molecule has 1 fully saturated rings. The van der Waals surface area contributed by atoms with Crippen molar-refractivity contribution in [2.24, 2.45) is 0 Å². The number of hydrogen-bond acceptors (Lipinski definition) is 6.